The van der Waals surface area contributed by atoms with Crippen LogP contribution in [0.25, 0.3) is 0 Å². The van der Waals surface area contributed by atoms with E-state index in [2.05, 4.69) is 135 Å². The maximum atomic E-state index is 13.0. The van der Waals surface area contributed by atoms with Crippen LogP contribution < -0.4 is 5.11 Å². The first-order chi connectivity index (χ1) is 46.6. The summed E-state index contributed by atoms with van der Waals surface area (Å²) in [5.41, 5.74) is 0. The topological polar surface area (TPSA) is 111 Å². The molecule has 9 heteroatoms. The van der Waals surface area contributed by atoms with E-state index < -0.39 is 24.3 Å². The van der Waals surface area contributed by atoms with E-state index in [0.717, 1.165) is 103 Å². The number of rotatable bonds is 73. The lowest BCUT2D eigenvalue weighted by molar-refractivity contribution is -0.870. The number of hydrogen-bond acceptors (Lipinski definition) is 8. The van der Waals surface area contributed by atoms with Gasteiger partial charge in [0.05, 0.1) is 40.3 Å². The first-order valence-electron chi connectivity index (χ1n) is 39.7. The molecule has 0 heterocycles. The van der Waals surface area contributed by atoms with Crippen molar-refractivity contribution in [2.75, 3.05) is 47.5 Å². The Morgan fingerprint density at radius 1 is 0.326 bits per heavy atom. The number of esters is 2. The molecule has 2 atom stereocenters. The number of allylic oxidation sites excluding steroid dienone is 20. The maximum absolute atomic E-state index is 13.0. The summed E-state index contributed by atoms with van der Waals surface area (Å²) in [4.78, 5) is 37.6. The molecular formula is C86H149NO8. The van der Waals surface area contributed by atoms with Gasteiger partial charge in [-0.05, 0) is 109 Å². The molecule has 2 unspecified atom stereocenters. The Kier molecular flexibility index (Phi) is 72.0. The summed E-state index contributed by atoms with van der Waals surface area (Å²) in [6.45, 7) is 4.65. The summed E-state index contributed by atoms with van der Waals surface area (Å²) in [5.74, 6) is -2.28. The molecule has 0 aliphatic heterocycles. The second-order valence-electron chi connectivity index (χ2n) is 27.6. The van der Waals surface area contributed by atoms with Gasteiger partial charge in [-0.15, -0.1) is 0 Å². The summed E-state index contributed by atoms with van der Waals surface area (Å²) < 4.78 is 22.9. The minimum absolute atomic E-state index is 0.144. The number of hydrogen-bond donors (Lipinski definition) is 0. The summed E-state index contributed by atoms with van der Waals surface area (Å²) in [6.07, 6.45) is 105. The van der Waals surface area contributed by atoms with Gasteiger partial charge in [0, 0.05) is 12.8 Å². The molecule has 0 amide bonds. The van der Waals surface area contributed by atoms with E-state index in [-0.39, 0.29) is 32.2 Å². The van der Waals surface area contributed by atoms with Crippen LogP contribution in [0, 0.1) is 0 Å². The van der Waals surface area contributed by atoms with Crippen LogP contribution in [0.1, 0.15) is 348 Å². The number of nitrogens with zero attached hydrogens (tertiary/aromatic N) is 1. The normalized spacial score (nSPS) is 13.3. The molecule has 0 aliphatic carbocycles. The van der Waals surface area contributed by atoms with Crippen molar-refractivity contribution in [2.45, 2.75) is 360 Å². The SMILES string of the molecule is CC/C=C\C/C=C\C/C=C\C/C=C\C/C=C\C/C=C\C/C=C\CCCCCCCCCCCCCC(=O)OC(COC(=O)CCCCCCCCCCCCCCCCCCCCCCCC/C=C\C/C=C\C/C=C\CCCCCCC)COC(OCC[N+](C)(C)C)C(=O)[O-]. The number of carboxylic acid groups (broad SMARTS) is 1. The van der Waals surface area contributed by atoms with E-state index in [0.29, 0.717) is 23.9 Å². The number of unbranched alkanes of at least 4 members (excludes halogenated alkanes) is 38. The molecule has 0 aromatic heterocycles. The highest BCUT2D eigenvalue weighted by Crippen LogP contribution is 2.18. The summed E-state index contributed by atoms with van der Waals surface area (Å²) >= 11 is 0. The van der Waals surface area contributed by atoms with Crippen molar-refractivity contribution in [2.24, 2.45) is 0 Å². The van der Waals surface area contributed by atoms with Gasteiger partial charge >= 0.3 is 11.9 Å². The molecule has 0 aromatic carbocycles. The molecule has 0 saturated heterocycles. The Balaban J connectivity index is 4.04. The molecule has 9 nitrogen and oxygen atoms in total. The fraction of sp³-hybridized carbons (Fsp3) is 0.733. The standard InChI is InChI=1S/C86H149NO8/c1-6-8-10-12-14-16-18-20-22-24-26-28-30-32-34-36-38-40-41-42-43-45-46-48-50-52-54-56-58-60-62-64-66-68-70-72-74-76-83(88)93-80-82(81-94-86(85(90)91)92-79-78-87(3,4)5)95-84(89)77-75-73-71-69-67-65-63-61-59-57-55-53-51-49-47-44-39-37-35-33-31-29-27-25-23-21-19-17-15-13-11-9-7-2/h9,11,15,17-18,20-21,23-24,26-27,29-30,32-33,35,39,44,49,51,82,86H,6-8,10,12-14,16,19,22,25,28,31,34,36-38,40-43,45-48,50,52-81H2,1-5H3/b11-9-,17-15-,20-18-,23-21-,26-24-,29-27-,32-30-,35-33-,44-39-,51-49-. The Morgan fingerprint density at radius 3 is 0.895 bits per heavy atom. The van der Waals surface area contributed by atoms with Crippen LogP contribution in [0.15, 0.2) is 122 Å². The third-order valence-electron chi connectivity index (χ3n) is 17.2. The van der Waals surface area contributed by atoms with E-state index in [1.807, 2.05) is 21.1 Å². The fourth-order valence-electron chi connectivity index (χ4n) is 11.2. The maximum Gasteiger partial charge on any atom is 0.306 e. The zero-order valence-corrected chi connectivity index (χ0v) is 62.5. The molecule has 0 aliphatic rings. The molecule has 0 rings (SSSR count). The number of carbonyl (C=O) groups excluding carboxylic acids is 3. The quantitative estimate of drug-likeness (QED) is 0.0195. The highest BCUT2D eigenvalue weighted by molar-refractivity contribution is 5.70. The largest absolute Gasteiger partial charge is 0.545 e. The first kappa shape index (κ1) is 90.7. The van der Waals surface area contributed by atoms with Crippen LogP contribution in [0.3, 0.4) is 0 Å². The van der Waals surface area contributed by atoms with Crippen molar-refractivity contribution >= 4 is 17.9 Å². The first-order valence-corrected chi connectivity index (χ1v) is 39.7. The lowest BCUT2D eigenvalue weighted by atomic mass is 10.0. The van der Waals surface area contributed by atoms with Crippen molar-refractivity contribution in [1.29, 1.82) is 0 Å². The van der Waals surface area contributed by atoms with Crippen LogP contribution >= 0.6 is 0 Å². The highest BCUT2D eigenvalue weighted by atomic mass is 16.7. The molecule has 0 fully saturated rings. The number of quaternary nitrogens is 1. The third-order valence-corrected chi connectivity index (χ3v) is 17.2. The summed E-state index contributed by atoms with van der Waals surface area (Å²) in [7, 11) is 5.94. The molecule has 0 N–H and O–H groups in total. The van der Waals surface area contributed by atoms with Gasteiger partial charge in [-0.25, -0.2) is 0 Å². The molecule has 0 saturated carbocycles. The molecular weight excluding hydrogens is 1170 g/mol. The number of aliphatic carboxylic acids is 1. The lowest BCUT2D eigenvalue weighted by Crippen LogP contribution is -2.44. The monoisotopic (exact) mass is 1320 g/mol. The van der Waals surface area contributed by atoms with Gasteiger partial charge in [0.2, 0.25) is 0 Å². The second-order valence-corrected chi connectivity index (χ2v) is 27.6. The van der Waals surface area contributed by atoms with Crippen LogP contribution in [-0.2, 0) is 33.3 Å². The van der Waals surface area contributed by atoms with E-state index in [1.54, 1.807) is 0 Å². The van der Waals surface area contributed by atoms with Crippen LogP contribution in [-0.4, -0.2) is 82.3 Å². The zero-order valence-electron chi connectivity index (χ0n) is 62.5. The second kappa shape index (κ2) is 75.5. The average Bonchev–Trinajstić information content (AvgIpc) is 3.75. The van der Waals surface area contributed by atoms with Crippen molar-refractivity contribution in [3.8, 4) is 0 Å². The van der Waals surface area contributed by atoms with E-state index in [4.69, 9.17) is 18.9 Å². The number of carboxylic acids is 1. The number of likely N-dealkylation sites (N-methyl/N-ethyl adjacent to an activating group) is 1. The third kappa shape index (κ3) is 76.9. The Morgan fingerprint density at radius 2 is 0.600 bits per heavy atom. The van der Waals surface area contributed by atoms with Crippen molar-refractivity contribution in [1.82, 2.24) is 0 Å². The minimum Gasteiger partial charge on any atom is -0.545 e. The molecule has 0 spiro atoms. The summed E-state index contributed by atoms with van der Waals surface area (Å²) in [5, 5.41) is 11.9. The Bertz CT molecular complexity index is 1980. The Labute approximate surface area is 587 Å². The van der Waals surface area contributed by atoms with Crippen molar-refractivity contribution in [3.63, 3.8) is 0 Å². The molecule has 0 aromatic rings. The zero-order chi connectivity index (χ0) is 69.0. The van der Waals surface area contributed by atoms with Gasteiger partial charge in [-0.3, -0.25) is 9.59 Å². The van der Waals surface area contributed by atoms with Gasteiger partial charge in [0.25, 0.3) is 0 Å². The summed E-state index contributed by atoms with van der Waals surface area (Å²) in [6, 6.07) is 0. The van der Waals surface area contributed by atoms with Crippen molar-refractivity contribution < 1.29 is 42.9 Å². The van der Waals surface area contributed by atoms with Crippen LogP contribution in [0.2, 0.25) is 0 Å². The van der Waals surface area contributed by atoms with Gasteiger partial charge in [-0.1, -0.05) is 347 Å². The van der Waals surface area contributed by atoms with Crippen LogP contribution in [0.4, 0.5) is 0 Å². The minimum atomic E-state index is -1.63. The fourth-order valence-corrected chi connectivity index (χ4v) is 11.2. The van der Waals surface area contributed by atoms with Gasteiger partial charge in [0.15, 0.2) is 12.4 Å². The van der Waals surface area contributed by atoms with Gasteiger partial charge < -0.3 is 33.3 Å². The van der Waals surface area contributed by atoms with Gasteiger partial charge in [0.1, 0.15) is 13.2 Å². The molecule has 546 valence electrons. The predicted molar refractivity (Wildman–Crippen MR) is 407 cm³/mol. The van der Waals surface area contributed by atoms with Gasteiger partial charge in [-0.2, -0.15) is 0 Å². The molecule has 95 heavy (non-hydrogen) atoms. The van der Waals surface area contributed by atoms with Crippen molar-refractivity contribution in [3.05, 3.63) is 122 Å². The highest BCUT2D eigenvalue weighted by Gasteiger charge is 2.22. The molecule has 0 radical (unpaired) electrons. The Hall–Kier alpha value is -4.31. The smallest absolute Gasteiger partial charge is 0.306 e. The van der Waals surface area contributed by atoms with E-state index in [9.17, 15) is 19.5 Å². The van der Waals surface area contributed by atoms with E-state index in [1.165, 1.54) is 212 Å². The average molecular weight is 1330 g/mol. The number of ether oxygens (including phenoxy) is 4. The predicted octanol–water partition coefficient (Wildman–Crippen LogP) is 24.1. The molecule has 0 bridgehead atoms. The number of carbonyl (C=O) groups is 3. The van der Waals surface area contributed by atoms with E-state index >= 15 is 0 Å². The lowest BCUT2D eigenvalue weighted by Gasteiger charge is -2.26. The van der Waals surface area contributed by atoms with Crippen LogP contribution in [0.5, 0.6) is 0 Å².